The van der Waals surface area contributed by atoms with Crippen molar-refractivity contribution in [3.8, 4) is 0 Å². The lowest BCUT2D eigenvalue weighted by atomic mass is 10.2. The molecule has 0 unspecified atom stereocenters. The van der Waals surface area contributed by atoms with Crippen LogP contribution in [-0.2, 0) is 0 Å². The first-order valence-electron chi connectivity index (χ1n) is 7.49. The van der Waals surface area contributed by atoms with E-state index in [1.807, 2.05) is 6.07 Å². The van der Waals surface area contributed by atoms with Crippen molar-refractivity contribution in [2.45, 2.75) is 18.9 Å². The number of nitrogens with two attached hydrogens (primary N) is 1. The van der Waals surface area contributed by atoms with Crippen molar-refractivity contribution >= 4 is 22.5 Å². The van der Waals surface area contributed by atoms with Gasteiger partial charge in [-0.05, 0) is 31.0 Å². The third kappa shape index (κ3) is 2.35. The maximum absolute atomic E-state index is 12.2. The number of hydrogen-bond donors (Lipinski definition) is 2. The molecule has 1 saturated heterocycles. The number of nitrogens with one attached hydrogen (secondary N) is 1. The van der Waals surface area contributed by atoms with Crippen molar-refractivity contribution < 1.29 is 0 Å². The van der Waals surface area contributed by atoms with E-state index in [1.54, 1.807) is 12.1 Å². The van der Waals surface area contributed by atoms with Gasteiger partial charge >= 0.3 is 0 Å². The Hall–Kier alpha value is -2.08. The van der Waals surface area contributed by atoms with Gasteiger partial charge < -0.3 is 10.6 Å². The summed E-state index contributed by atoms with van der Waals surface area (Å²) >= 11 is 0. The Kier molecular flexibility index (Phi) is 2.85. The summed E-state index contributed by atoms with van der Waals surface area (Å²) in [5.41, 5.74) is 6.89. The zero-order valence-corrected chi connectivity index (χ0v) is 11.9. The Morgan fingerprint density at radius 2 is 1.95 bits per heavy atom. The quantitative estimate of drug-likeness (QED) is 0.798. The van der Waals surface area contributed by atoms with Gasteiger partial charge in [0.1, 0.15) is 0 Å². The molecule has 0 amide bonds. The van der Waals surface area contributed by atoms with Gasteiger partial charge in [-0.2, -0.15) is 0 Å². The molecule has 1 aliphatic carbocycles. The summed E-state index contributed by atoms with van der Waals surface area (Å²) in [6, 6.07) is 6.07. The third-order valence-corrected chi connectivity index (χ3v) is 4.39. The molecule has 21 heavy (non-hydrogen) atoms. The maximum atomic E-state index is 12.2. The van der Waals surface area contributed by atoms with Gasteiger partial charge in [-0.25, -0.2) is 4.98 Å². The first-order chi connectivity index (χ1) is 10.2. The molecule has 2 aromatic rings. The zero-order valence-electron chi connectivity index (χ0n) is 11.9. The van der Waals surface area contributed by atoms with Crippen LogP contribution in [0.3, 0.4) is 0 Å². The fraction of sp³-hybridized carbons (Fsp3) is 0.467. The average Bonchev–Trinajstić information content (AvgIpc) is 3.33. The molecule has 1 aromatic carbocycles. The number of anilines is 2. The smallest absolute Gasteiger partial charge is 0.260 e. The highest BCUT2D eigenvalue weighted by molar-refractivity contribution is 5.81. The second-order valence-corrected chi connectivity index (χ2v) is 5.92. The van der Waals surface area contributed by atoms with Gasteiger partial charge in [0.05, 0.1) is 10.9 Å². The SMILES string of the molecule is Nc1ccc2nc(N3CCN(C4CC4)CC3)[nH]c(=O)c2c1. The number of benzene rings is 1. The second kappa shape index (κ2) is 4.73. The normalized spacial score (nSPS) is 20.1. The molecule has 0 radical (unpaired) electrons. The molecule has 1 saturated carbocycles. The van der Waals surface area contributed by atoms with E-state index in [0.717, 1.165) is 32.2 Å². The summed E-state index contributed by atoms with van der Waals surface area (Å²) in [5.74, 6) is 0.674. The predicted molar refractivity (Wildman–Crippen MR) is 83.6 cm³/mol. The molecule has 2 heterocycles. The van der Waals surface area contributed by atoms with Crippen LogP contribution in [0.15, 0.2) is 23.0 Å². The highest BCUT2D eigenvalue weighted by Gasteiger charge is 2.31. The van der Waals surface area contributed by atoms with Gasteiger partial charge in [-0.3, -0.25) is 14.7 Å². The number of nitrogens with zero attached hydrogens (tertiary/aromatic N) is 3. The summed E-state index contributed by atoms with van der Waals surface area (Å²) < 4.78 is 0. The molecule has 0 spiro atoms. The van der Waals surface area contributed by atoms with Crippen molar-refractivity contribution in [2.24, 2.45) is 0 Å². The molecule has 110 valence electrons. The second-order valence-electron chi connectivity index (χ2n) is 5.92. The van der Waals surface area contributed by atoms with Crippen molar-refractivity contribution in [2.75, 3.05) is 36.8 Å². The minimum absolute atomic E-state index is 0.119. The van der Waals surface area contributed by atoms with Gasteiger partial charge in [0.15, 0.2) is 0 Å². The van der Waals surface area contributed by atoms with Gasteiger partial charge in [0.25, 0.3) is 5.56 Å². The Balaban J connectivity index is 1.62. The van der Waals surface area contributed by atoms with E-state index >= 15 is 0 Å². The largest absolute Gasteiger partial charge is 0.399 e. The minimum atomic E-state index is -0.119. The topological polar surface area (TPSA) is 78.2 Å². The van der Waals surface area contributed by atoms with Crippen molar-refractivity contribution in [3.05, 3.63) is 28.6 Å². The van der Waals surface area contributed by atoms with Gasteiger partial charge in [0.2, 0.25) is 5.95 Å². The summed E-state index contributed by atoms with van der Waals surface area (Å²) in [4.78, 5) is 24.4. The van der Waals surface area contributed by atoms with E-state index < -0.39 is 0 Å². The van der Waals surface area contributed by atoms with Crippen LogP contribution in [0.5, 0.6) is 0 Å². The van der Waals surface area contributed by atoms with Crippen LogP contribution < -0.4 is 16.2 Å². The van der Waals surface area contributed by atoms with Crippen molar-refractivity contribution in [1.29, 1.82) is 0 Å². The third-order valence-electron chi connectivity index (χ3n) is 4.39. The van der Waals surface area contributed by atoms with Gasteiger partial charge in [-0.15, -0.1) is 0 Å². The summed E-state index contributed by atoms with van der Waals surface area (Å²) in [6.45, 7) is 3.93. The van der Waals surface area contributed by atoms with E-state index in [2.05, 4.69) is 19.8 Å². The Bertz CT molecular complexity index is 728. The van der Waals surface area contributed by atoms with Crippen molar-refractivity contribution in [1.82, 2.24) is 14.9 Å². The number of nitrogen functional groups attached to an aromatic ring is 1. The number of rotatable bonds is 2. The van der Waals surface area contributed by atoms with Crippen LogP contribution >= 0.6 is 0 Å². The monoisotopic (exact) mass is 285 g/mol. The number of hydrogen-bond acceptors (Lipinski definition) is 5. The number of fused-ring (bicyclic) bond motifs is 1. The molecular formula is C15H19N5O. The molecule has 4 rings (SSSR count). The fourth-order valence-electron chi connectivity index (χ4n) is 3.03. The molecule has 3 N–H and O–H groups in total. The summed E-state index contributed by atoms with van der Waals surface area (Å²) in [5, 5.41) is 0.551. The highest BCUT2D eigenvalue weighted by Crippen LogP contribution is 2.28. The standard InChI is InChI=1S/C15H19N5O/c16-10-1-4-13-12(9-10)14(21)18-15(17-13)20-7-5-19(6-8-20)11-2-3-11/h1,4,9,11H,2-3,5-8,16H2,(H,17,18,21). The van der Waals surface area contributed by atoms with E-state index in [0.29, 0.717) is 22.5 Å². The van der Waals surface area contributed by atoms with Crippen molar-refractivity contribution in [3.63, 3.8) is 0 Å². The van der Waals surface area contributed by atoms with Crippen LogP contribution in [0, 0.1) is 0 Å². The molecule has 2 aliphatic rings. The number of piperazine rings is 1. The van der Waals surface area contributed by atoms with E-state index in [4.69, 9.17) is 5.73 Å². The van der Waals surface area contributed by atoms with Crippen LogP contribution in [0.1, 0.15) is 12.8 Å². The predicted octanol–water partition coefficient (Wildman–Crippen LogP) is 0.790. The Labute approximate surface area is 122 Å². The lowest BCUT2D eigenvalue weighted by Gasteiger charge is -2.35. The van der Waals surface area contributed by atoms with E-state index in [-0.39, 0.29) is 5.56 Å². The lowest BCUT2D eigenvalue weighted by molar-refractivity contribution is 0.247. The molecule has 6 nitrogen and oxygen atoms in total. The van der Waals surface area contributed by atoms with Gasteiger partial charge in [0, 0.05) is 37.9 Å². The summed E-state index contributed by atoms with van der Waals surface area (Å²) in [7, 11) is 0. The average molecular weight is 285 g/mol. The summed E-state index contributed by atoms with van der Waals surface area (Å²) in [6.07, 6.45) is 2.68. The molecule has 1 aromatic heterocycles. The highest BCUT2D eigenvalue weighted by atomic mass is 16.1. The maximum Gasteiger partial charge on any atom is 0.260 e. The molecule has 2 fully saturated rings. The fourth-order valence-corrected chi connectivity index (χ4v) is 3.03. The van der Waals surface area contributed by atoms with Crippen LogP contribution in [0.4, 0.5) is 11.6 Å². The number of aromatic nitrogens is 2. The molecule has 1 aliphatic heterocycles. The van der Waals surface area contributed by atoms with Crippen LogP contribution in [0.2, 0.25) is 0 Å². The van der Waals surface area contributed by atoms with Gasteiger partial charge in [-0.1, -0.05) is 0 Å². The lowest BCUT2D eigenvalue weighted by Crippen LogP contribution is -2.48. The first kappa shape index (κ1) is 12.6. The van der Waals surface area contributed by atoms with Crippen LogP contribution in [0.25, 0.3) is 10.9 Å². The Morgan fingerprint density at radius 3 is 2.67 bits per heavy atom. The molecule has 6 heteroatoms. The zero-order chi connectivity index (χ0) is 14.4. The number of aromatic amines is 1. The first-order valence-corrected chi connectivity index (χ1v) is 7.49. The molecule has 0 bridgehead atoms. The minimum Gasteiger partial charge on any atom is -0.399 e. The molecule has 0 atom stereocenters. The van der Waals surface area contributed by atoms with Crippen LogP contribution in [-0.4, -0.2) is 47.1 Å². The number of H-pyrrole nitrogens is 1. The van der Waals surface area contributed by atoms with E-state index in [1.165, 1.54) is 12.8 Å². The van der Waals surface area contributed by atoms with E-state index in [9.17, 15) is 4.79 Å². The molecular weight excluding hydrogens is 266 g/mol. The Morgan fingerprint density at radius 1 is 1.19 bits per heavy atom.